The van der Waals surface area contributed by atoms with Gasteiger partial charge < -0.3 is 10.2 Å². The SMILES string of the molecule is CN(C1CCCCC1)C(CCN)c1ccco1. The zero-order valence-electron chi connectivity index (χ0n) is 10.8. The van der Waals surface area contributed by atoms with E-state index in [1.165, 1.54) is 32.1 Å². The first kappa shape index (κ1) is 12.7. The first-order valence-corrected chi connectivity index (χ1v) is 6.78. The fourth-order valence-corrected chi connectivity index (χ4v) is 2.93. The van der Waals surface area contributed by atoms with Crippen LogP contribution in [0.5, 0.6) is 0 Å². The van der Waals surface area contributed by atoms with Crippen LogP contribution in [0, 0.1) is 0 Å². The van der Waals surface area contributed by atoms with Crippen LogP contribution in [-0.4, -0.2) is 24.5 Å². The Kier molecular flexibility index (Phi) is 4.63. The molecular formula is C14H24N2O. The van der Waals surface area contributed by atoms with Crippen molar-refractivity contribution in [3.63, 3.8) is 0 Å². The third kappa shape index (κ3) is 3.11. The van der Waals surface area contributed by atoms with Crippen molar-refractivity contribution in [1.29, 1.82) is 0 Å². The summed E-state index contributed by atoms with van der Waals surface area (Å²) in [6.07, 6.45) is 9.49. The van der Waals surface area contributed by atoms with E-state index < -0.39 is 0 Å². The molecular weight excluding hydrogens is 212 g/mol. The minimum absolute atomic E-state index is 0.345. The van der Waals surface area contributed by atoms with Crippen LogP contribution in [0.1, 0.15) is 50.3 Å². The summed E-state index contributed by atoms with van der Waals surface area (Å²) in [6, 6.07) is 5.08. The number of nitrogens with zero attached hydrogens (tertiary/aromatic N) is 1. The number of furan rings is 1. The Bertz CT molecular complexity index is 304. The quantitative estimate of drug-likeness (QED) is 0.854. The van der Waals surface area contributed by atoms with Gasteiger partial charge in [-0.15, -0.1) is 0 Å². The van der Waals surface area contributed by atoms with Crippen molar-refractivity contribution in [1.82, 2.24) is 4.90 Å². The van der Waals surface area contributed by atoms with Gasteiger partial charge in [0.05, 0.1) is 12.3 Å². The van der Waals surface area contributed by atoms with Gasteiger partial charge in [0.2, 0.25) is 0 Å². The molecule has 1 aliphatic rings. The van der Waals surface area contributed by atoms with Crippen LogP contribution < -0.4 is 5.73 Å². The lowest BCUT2D eigenvalue weighted by atomic mass is 9.93. The van der Waals surface area contributed by atoms with Crippen molar-refractivity contribution in [3.05, 3.63) is 24.2 Å². The standard InChI is InChI=1S/C14H24N2O/c1-16(12-6-3-2-4-7-12)13(9-10-15)14-8-5-11-17-14/h5,8,11-13H,2-4,6-7,9-10,15H2,1H3. The molecule has 0 saturated heterocycles. The molecule has 1 unspecified atom stereocenters. The highest BCUT2D eigenvalue weighted by Crippen LogP contribution is 2.30. The lowest BCUT2D eigenvalue weighted by Gasteiger charge is -2.36. The predicted molar refractivity (Wildman–Crippen MR) is 69.8 cm³/mol. The Morgan fingerprint density at radius 3 is 2.76 bits per heavy atom. The summed E-state index contributed by atoms with van der Waals surface area (Å²) in [5.41, 5.74) is 5.73. The van der Waals surface area contributed by atoms with Gasteiger partial charge in [0.15, 0.2) is 0 Å². The molecule has 17 heavy (non-hydrogen) atoms. The summed E-state index contributed by atoms with van der Waals surface area (Å²) < 4.78 is 5.56. The maximum absolute atomic E-state index is 5.73. The van der Waals surface area contributed by atoms with Crippen LogP contribution in [0.15, 0.2) is 22.8 Å². The van der Waals surface area contributed by atoms with Crippen molar-refractivity contribution < 1.29 is 4.42 Å². The van der Waals surface area contributed by atoms with Gasteiger partial charge in [0, 0.05) is 6.04 Å². The molecule has 0 bridgehead atoms. The van der Waals surface area contributed by atoms with Gasteiger partial charge in [0.1, 0.15) is 5.76 Å². The molecule has 1 saturated carbocycles. The number of hydrogen-bond donors (Lipinski definition) is 1. The molecule has 0 radical (unpaired) electrons. The highest BCUT2D eigenvalue weighted by molar-refractivity contribution is 5.05. The second kappa shape index (κ2) is 6.22. The lowest BCUT2D eigenvalue weighted by molar-refractivity contribution is 0.118. The van der Waals surface area contributed by atoms with E-state index in [1.807, 2.05) is 6.07 Å². The van der Waals surface area contributed by atoms with Crippen LogP contribution in [0.4, 0.5) is 0 Å². The fourth-order valence-electron chi connectivity index (χ4n) is 2.93. The summed E-state index contributed by atoms with van der Waals surface area (Å²) in [5.74, 6) is 1.06. The topological polar surface area (TPSA) is 42.4 Å². The van der Waals surface area contributed by atoms with Crippen molar-refractivity contribution in [2.45, 2.75) is 50.6 Å². The zero-order valence-corrected chi connectivity index (χ0v) is 10.8. The number of nitrogens with two attached hydrogens (primary N) is 1. The average Bonchev–Trinajstić information content (AvgIpc) is 2.90. The van der Waals surface area contributed by atoms with Crippen LogP contribution in [0.2, 0.25) is 0 Å². The molecule has 2 N–H and O–H groups in total. The normalized spacial score (nSPS) is 19.7. The molecule has 1 fully saturated rings. The Morgan fingerprint density at radius 1 is 1.41 bits per heavy atom. The van der Waals surface area contributed by atoms with Gasteiger partial charge in [-0.2, -0.15) is 0 Å². The fraction of sp³-hybridized carbons (Fsp3) is 0.714. The van der Waals surface area contributed by atoms with Crippen molar-refractivity contribution >= 4 is 0 Å². The first-order valence-electron chi connectivity index (χ1n) is 6.78. The molecule has 0 spiro atoms. The first-order chi connectivity index (χ1) is 8.33. The van der Waals surface area contributed by atoms with E-state index in [1.54, 1.807) is 6.26 Å². The smallest absolute Gasteiger partial charge is 0.120 e. The third-order valence-corrected chi connectivity index (χ3v) is 3.95. The minimum atomic E-state index is 0.345. The lowest BCUT2D eigenvalue weighted by Crippen LogP contribution is -2.37. The second-order valence-electron chi connectivity index (χ2n) is 5.07. The summed E-state index contributed by atoms with van der Waals surface area (Å²) in [7, 11) is 2.22. The van der Waals surface area contributed by atoms with E-state index in [9.17, 15) is 0 Å². The molecule has 1 aliphatic carbocycles. The van der Waals surface area contributed by atoms with Crippen molar-refractivity contribution in [3.8, 4) is 0 Å². The maximum atomic E-state index is 5.73. The van der Waals surface area contributed by atoms with Gasteiger partial charge in [-0.05, 0) is 45.0 Å². The number of hydrogen-bond acceptors (Lipinski definition) is 3. The van der Waals surface area contributed by atoms with Crippen LogP contribution in [0.25, 0.3) is 0 Å². The van der Waals surface area contributed by atoms with Crippen LogP contribution in [-0.2, 0) is 0 Å². The Balaban J connectivity index is 2.04. The van der Waals surface area contributed by atoms with Gasteiger partial charge in [-0.25, -0.2) is 0 Å². The average molecular weight is 236 g/mol. The molecule has 3 heteroatoms. The summed E-state index contributed by atoms with van der Waals surface area (Å²) in [6.45, 7) is 0.711. The molecule has 1 atom stereocenters. The molecule has 2 rings (SSSR count). The van der Waals surface area contributed by atoms with Crippen LogP contribution >= 0.6 is 0 Å². The zero-order chi connectivity index (χ0) is 12.1. The third-order valence-electron chi connectivity index (χ3n) is 3.95. The van der Waals surface area contributed by atoms with Gasteiger partial charge in [-0.1, -0.05) is 19.3 Å². The largest absolute Gasteiger partial charge is 0.468 e. The summed E-state index contributed by atoms with van der Waals surface area (Å²) >= 11 is 0. The summed E-state index contributed by atoms with van der Waals surface area (Å²) in [5, 5.41) is 0. The Morgan fingerprint density at radius 2 is 2.18 bits per heavy atom. The molecule has 0 aliphatic heterocycles. The molecule has 0 aromatic carbocycles. The highest BCUT2D eigenvalue weighted by atomic mass is 16.3. The van der Waals surface area contributed by atoms with Crippen molar-refractivity contribution in [2.24, 2.45) is 5.73 Å². The molecule has 1 aromatic rings. The van der Waals surface area contributed by atoms with E-state index >= 15 is 0 Å². The van der Waals surface area contributed by atoms with E-state index in [4.69, 9.17) is 10.2 Å². The van der Waals surface area contributed by atoms with E-state index in [0.717, 1.165) is 12.2 Å². The maximum Gasteiger partial charge on any atom is 0.120 e. The minimum Gasteiger partial charge on any atom is -0.468 e. The predicted octanol–water partition coefficient (Wildman–Crippen LogP) is 2.93. The van der Waals surface area contributed by atoms with Crippen LogP contribution in [0.3, 0.4) is 0 Å². The van der Waals surface area contributed by atoms with Gasteiger partial charge in [-0.3, -0.25) is 4.90 Å². The molecule has 96 valence electrons. The monoisotopic (exact) mass is 236 g/mol. The van der Waals surface area contributed by atoms with Crippen molar-refractivity contribution in [2.75, 3.05) is 13.6 Å². The Labute approximate surface area is 104 Å². The van der Waals surface area contributed by atoms with E-state index in [0.29, 0.717) is 18.6 Å². The summed E-state index contributed by atoms with van der Waals surface area (Å²) in [4.78, 5) is 2.48. The Hall–Kier alpha value is -0.800. The van der Waals surface area contributed by atoms with E-state index in [2.05, 4.69) is 18.0 Å². The molecule has 1 heterocycles. The highest BCUT2D eigenvalue weighted by Gasteiger charge is 2.26. The molecule has 0 amide bonds. The molecule has 3 nitrogen and oxygen atoms in total. The van der Waals surface area contributed by atoms with Gasteiger partial charge >= 0.3 is 0 Å². The van der Waals surface area contributed by atoms with E-state index in [-0.39, 0.29) is 0 Å². The number of rotatable bonds is 5. The molecule has 1 aromatic heterocycles. The second-order valence-corrected chi connectivity index (χ2v) is 5.07. The van der Waals surface area contributed by atoms with Gasteiger partial charge in [0.25, 0.3) is 0 Å².